The van der Waals surface area contributed by atoms with Gasteiger partial charge < -0.3 is 25.0 Å². The number of phenolic OH excluding ortho intramolecular Hbond substituents is 1. The van der Waals surface area contributed by atoms with Crippen LogP contribution in [0.15, 0.2) is 29.3 Å². The molecule has 0 spiro atoms. The fourth-order valence-electron chi connectivity index (χ4n) is 4.11. The summed E-state index contributed by atoms with van der Waals surface area (Å²) < 4.78 is 5.51. The Labute approximate surface area is 169 Å². The molecule has 1 aromatic rings. The van der Waals surface area contributed by atoms with Gasteiger partial charge in [0.1, 0.15) is 5.75 Å². The summed E-state index contributed by atoms with van der Waals surface area (Å²) in [4.78, 5) is 11.6. The maximum Gasteiger partial charge on any atom is 0.193 e. The van der Waals surface area contributed by atoms with E-state index in [2.05, 4.69) is 38.9 Å². The smallest absolute Gasteiger partial charge is 0.193 e. The van der Waals surface area contributed by atoms with Gasteiger partial charge in [-0.3, -0.25) is 9.89 Å². The third kappa shape index (κ3) is 5.08. The van der Waals surface area contributed by atoms with E-state index in [1.807, 2.05) is 25.2 Å². The molecule has 156 valence electrons. The summed E-state index contributed by atoms with van der Waals surface area (Å²) in [6, 6.07) is 8.04. The summed E-state index contributed by atoms with van der Waals surface area (Å²) in [6.07, 6.45) is 0. The number of guanidine groups is 1. The quantitative estimate of drug-likeness (QED) is 0.587. The van der Waals surface area contributed by atoms with Crippen LogP contribution in [0.1, 0.15) is 13.8 Å². The Kier molecular flexibility index (Phi) is 7.39. The van der Waals surface area contributed by atoms with Gasteiger partial charge in [0.25, 0.3) is 0 Å². The predicted molar refractivity (Wildman–Crippen MR) is 114 cm³/mol. The molecule has 0 saturated carbocycles. The summed E-state index contributed by atoms with van der Waals surface area (Å²) >= 11 is 0. The highest BCUT2D eigenvalue weighted by Crippen LogP contribution is 2.27. The average molecular weight is 390 g/mol. The first kappa shape index (κ1) is 20.7. The first-order valence-corrected chi connectivity index (χ1v) is 10.4. The largest absolute Gasteiger partial charge is 0.506 e. The molecule has 0 aliphatic carbocycles. The Morgan fingerprint density at radius 2 is 1.79 bits per heavy atom. The van der Waals surface area contributed by atoms with E-state index in [1.54, 1.807) is 6.07 Å². The molecular formula is C21H35N5O2. The number of hydrogen-bond donors (Lipinski definition) is 2. The van der Waals surface area contributed by atoms with Gasteiger partial charge in [0, 0.05) is 58.9 Å². The number of aliphatic imine (C=N–C) groups is 1. The fourth-order valence-corrected chi connectivity index (χ4v) is 4.11. The number of nitrogens with one attached hydrogen (secondary N) is 1. The molecule has 28 heavy (non-hydrogen) atoms. The zero-order valence-electron chi connectivity index (χ0n) is 17.5. The number of nitrogens with zero attached hydrogens (tertiary/aromatic N) is 4. The normalized spacial score (nSPS) is 20.5. The van der Waals surface area contributed by atoms with Gasteiger partial charge >= 0.3 is 0 Å². The Morgan fingerprint density at radius 3 is 2.39 bits per heavy atom. The van der Waals surface area contributed by atoms with Crippen molar-refractivity contribution in [1.29, 1.82) is 0 Å². The minimum absolute atomic E-state index is 0.351. The summed E-state index contributed by atoms with van der Waals surface area (Å²) in [5.41, 5.74) is 0.914. The van der Waals surface area contributed by atoms with Gasteiger partial charge in [0.15, 0.2) is 5.96 Å². The fraction of sp³-hybridized carbons (Fsp3) is 0.667. The number of piperazine rings is 1. The van der Waals surface area contributed by atoms with Crippen LogP contribution in [0.3, 0.4) is 0 Å². The monoisotopic (exact) mass is 389 g/mol. The molecule has 0 amide bonds. The number of morpholine rings is 1. The standard InChI is InChI=1S/C21H35N5O2/c1-17(2)19(25-12-14-28-15-13-25)16-23-21(22-3)26-10-8-24(9-11-26)18-6-4-5-7-20(18)27/h4-7,17,19,27H,8-16H2,1-3H3,(H,22,23). The second kappa shape index (κ2) is 9.98. The van der Waals surface area contributed by atoms with E-state index in [0.29, 0.717) is 17.7 Å². The number of rotatable bonds is 5. The Hall–Kier alpha value is -1.99. The van der Waals surface area contributed by atoms with Gasteiger partial charge in [-0.05, 0) is 18.1 Å². The van der Waals surface area contributed by atoms with Crippen molar-refractivity contribution < 1.29 is 9.84 Å². The van der Waals surface area contributed by atoms with Crippen LogP contribution in [0.2, 0.25) is 0 Å². The Morgan fingerprint density at radius 1 is 1.11 bits per heavy atom. The Bertz CT molecular complexity index is 637. The highest BCUT2D eigenvalue weighted by Gasteiger charge is 2.26. The molecule has 2 aliphatic heterocycles. The summed E-state index contributed by atoms with van der Waals surface area (Å²) in [5.74, 6) is 1.89. The van der Waals surface area contributed by atoms with Gasteiger partial charge in [-0.1, -0.05) is 26.0 Å². The van der Waals surface area contributed by atoms with Gasteiger partial charge in [-0.25, -0.2) is 0 Å². The average Bonchev–Trinajstić information content (AvgIpc) is 2.72. The maximum atomic E-state index is 10.1. The van der Waals surface area contributed by atoms with Gasteiger partial charge in [0.2, 0.25) is 0 Å². The van der Waals surface area contributed by atoms with E-state index in [-0.39, 0.29) is 0 Å². The summed E-state index contributed by atoms with van der Waals surface area (Å²) in [6.45, 7) is 12.6. The number of para-hydroxylation sites is 2. The molecular weight excluding hydrogens is 354 g/mol. The molecule has 0 bridgehead atoms. The predicted octanol–water partition coefficient (Wildman–Crippen LogP) is 1.45. The molecule has 0 aromatic heterocycles. The molecule has 7 heteroatoms. The number of ether oxygens (including phenoxy) is 1. The van der Waals surface area contributed by atoms with Crippen LogP contribution in [0.25, 0.3) is 0 Å². The first-order valence-electron chi connectivity index (χ1n) is 10.4. The minimum atomic E-state index is 0.351. The molecule has 2 heterocycles. The number of aromatic hydroxyl groups is 1. The third-order valence-corrected chi connectivity index (χ3v) is 5.77. The molecule has 1 aromatic carbocycles. The van der Waals surface area contributed by atoms with Crippen LogP contribution in [-0.2, 0) is 4.74 Å². The van der Waals surface area contributed by atoms with Crippen molar-refractivity contribution in [2.24, 2.45) is 10.9 Å². The molecule has 2 saturated heterocycles. The summed E-state index contributed by atoms with van der Waals surface area (Å²) in [7, 11) is 1.86. The molecule has 2 fully saturated rings. The summed E-state index contributed by atoms with van der Waals surface area (Å²) in [5, 5.41) is 13.7. The molecule has 0 radical (unpaired) electrons. The van der Waals surface area contributed by atoms with Crippen LogP contribution in [0, 0.1) is 5.92 Å². The lowest BCUT2D eigenvalue weighted by Gasteiger charge is -2.40. The van der Waals surface area contributed by atoms with Crippen molar-refractivity contribution in [2.75, 3.05) is 71.0 Å². The first-order chi connectivity index (χ1) is 13.6. The number of anilines is 1. The molecule has 1 unspecified atom stereocenters. The van der Waals surface area contributed by atoms with Crippen molar-refractivity contribution in [3.63, 3.8) is 0 Å². The second-order valence-corrected chi connectivity index (χ2v) is 7.85. The van der Waals surface area contributed by atoms with Crippen molar-refractivity contribution >= 4 is 11.6 Å². The molecule has 3 rings (SSSR count). The van der Waals surface area contributed by atoms with Crippen molar-refractivity contribution in [1.82, 2.24) is 15.1 Å². The van der Waals surface area contributed by atoms with Crippen molar-refractivity contribution in [3.8, 4) is 5.75 Å². The molecule has 1 atom stereocenters. The van der Waals surface area contributed by atoms with E-state index < -0.39 is 0 Å². The van der Waals surface area contributed by atoms with Gasteiger partial charge in [-0.2, -0.15) is 0 Å². The Balaban J connectivity index is 1.53. The van der Waals surface area contributed by atoms with Crippen LogP contribution in [-0.4, -0.2) is 93.0 Å². The topological polar surface area (TPSA) is 63.6 Å². The van der Waals surface area contributed by atoms with Crippen molar-refractivity contribution in [2.45, 2.75) is 19.9 Å². The number of benzene rings is 1. The van der Waals surface area contributed by atoms with Crippen LogP contribution >= 0.6 is 0 Å². The van der Waals surface area contributed by atoms with Crippen LogP contribution in [0.4, 0.5) is 5.69 Å². The number of phenols is 1. The van der Waals surface area contributed by atoms with Gasteiger partial charge in [0.05, 0.1) is 18.9 Å². The highest BCUT2D eigenvalue weighted by molar-refractivity contribution is 5.80. The van der Waals surface area contributed by atoms with Crippen LogP contribution < -0.4 is 10.2 Å². The van der Waals surface area contributed by atoms with E-state index >= 15 is 0 Å². The van der Waals surface area contributed by atoms with Crippen molar-refractivity contribution in [3.05, 3.63) is 24.3 Å². The lowest BCUT2D eigenvalue weighted by molar-refractivity contribution is 0.00739. The SMILES string of the molecule is CN=C(NCC(C(C)C)N1CCOCC1)N1CCN(c2ccccc2O)CC1. The van der Waals surface area contributed by atoms with E-state index in [1.165, 1.54) is 0 Å². The highest BCUT2D eigenvalue weighted by atomic mass is 16.5. The van der Waals surface area contributed by atoms with Crippen LogP contribution in [0.5, 0.6) is 5.75 Å². The van der Waals surface area contributed by atoms with E-state index in [0.717, 1.165) is 70.7 Å². The second-order valence-electron chi connectivity index (χ2n) is 7.85. The molecule has 2 aliphatic rings. The van der Waals surface area contributed by atoms with E-state index in [9.17, 15) is 5.11 Å². The molecule has 2 N–H and O–H groups in total. The third-order valence-electron chi connectivity index (χ3n) is 5.77. The van der Waals surface area contributed by atoms with Gasteiger partial charge in [-0.15, -0.1) is 0 Å². The molecule has 7 nitrogen and oxygen atoms in total. The zero-order chi connectivity index (χ0) is 19.9. The number of hydrogen-bond acceptors (Lipinski definition) is 5. The maximum absolute atomic E-state index is 10.1. The lowest BCUT2D eigenvalue weighted by atomic mass is 10.0. The zero-order valence-corrected chi connectivity index (χ0v) is 17.5. The minimum Gasteiger partial charge on any atom is -0.506 e. The lowest BCUT2D eigenvalue weighted by Crippen LogP contribution is -2.56. The van der Waals surface area contributed by atoms with E-state index in [4.69, 9.17) is 4.74 Å².